The predicted molar refractivity (Wildman–Crippen MR) is 115 cm³/mol. The van der Waals surface area contributed by atoms with Crippen LogP contribution in [0.2, 0.25) is 0 Å². The topological polar surface area (TPSA) is 57.6 Å². The van der Waals surface area contributed by atoms with Crippen LogP contribution in [0.25, 0.3) is 10.8 Å². The molecule has 4 heteroatoms. The summed E-state index contributed by atoms with van der Waals surface area (Å²) in [6.07, 6.45) is 4.50. The number of likely N-dealkylation sites (tertiary alicyclic amines) is 1. The van der Waals surface area contributed by atoms with Gasteiger partial charge in [0.15, 0.2) is 0 Å². The third-order valence-corrected chi connectivity index (χ3v) is 8.86. The molecule has 4 bridgehead atoms. The highest BCUT2D eigenvalue weighted by Crippen LogP contribution is 2.64. The molecule has 1 amide bonds. The van der Waals surface area contributed by atoms with Gasteiger partial charge in [-0.05, 0) is 80.0 Å². The molecule has 3 atom stereocenters. The predicted octanol–water partition coefficient (Wildman–Crippen LogP) is 5.03. The normalized spacial score (nSPS) is 38.7. The van der Waals surface area contributed by atoms with E-state index in [-0.39, 0.29) is 18.0 Å². The zero-order chi connectivity index (χ0) is 20.8. The summed E-state index contributed by atoms with van der Waals surface area (Å²) in [5.74, 6) is 0.800. The summed E-state index contributed by atoms with van der Waals surface area (Å²) in [7, 11) is 0. The lowest BCUT2D eigenvalue weighted by Gasteiger charge is -2.66. The maximum absolute atomic E-state index is 13.4. The zero-order valence-corrected chi connectivity index (χ0v) is 17.7. The van der Waals surface area contributed by atoms with Crippen molar-refractivity contribution < 1.29 is 14.7 Å². The van der Waals surface area contributed by atoms with Crippen LogP contribution in [-0.4, -0.2) is 27.9 Å². The van der Waals surface area contributed by atoms with Gasteiger partial charge in [-0.2, -0.15) is 0 Å². The Hall–Kier alpha value is -2.36. The smallest absolute Gasteiger partial charge is 0.309 e. The molecule has 0 radical (unpaired) electrons. The number of nitrogens with zero attached hydrogens (tertiary/aromatic N) is 1. The van der Waals surface area contributed by atoms with E-state index in [0.29, 0.717) is 17.8 Å². The first-order valence-corrected chi connectivity index (χ1v) is 11.4. The summed E-state index contributed by atoms with van der Waals surface area (Å²) in [5.41, 5.74) is 0.272. The Labute approximate surface area is 177 Å². The Kier molecular flexibility index (Phi) is 3.60. The van der Waals surface area contributed by atoms with Crippen molar-refractivity contribution in [3.63, 3.8) is 0 Å². The highest BCUT2D eigenvalue weighted by Gasteiger charge is 2.65. The monoisotopic (exact) mass is 403 g/mol. The van der Waals surface area contributed by atoms with Gasteiger partial charge in [0.1, 0.15) is 0 Å². The van der Waals surface area contributed by atoms with Crippen LogP contribution >= 0.6 is 0 Å². The molecule has 30 heavy (non-hydrogen) atoms. The lowest BCUT2D eigenvalue weighted by atomic mass is 9.47. The van der Waals surface area contributed by atoms with E-state index in [2.05, 4.69) is 61.2 Å². The molecule has 2 aromatic carbocycles. The number of aliphatic carboxylic acids is 1. The van der Waals surface area contributed by atoms with E-state index in [1.807, 2.05) is 0 Å². The van der Waals surface area contributed by atoms with Crippen LogP contribution in [0.4, 0.5) is 0 Å². The van der Waals surface area contributed by atoms with Crippen molar-refractivity contribution in [1.82, 2.24) is 4.90 Å². The minimum Gasteiger partial charge on any atom is -0.481 e. The molecular formula is C26H29NO3. The van der Waals surface area contributed by atoms with Crippen molar-refractivity contribution >= 4 is 22.6 Å². The fraction of sp³-hybridized carbons (Fsp3) is 0.538. The summed E-state index contributed by atoms with van der Waals surface area (Å²) in [4.78, 5) is 27.8. The first-order valence-electron chi connectivity index (χ1n) is 11.4. The van der Waals surface area contributed by atoms with Crippen LogP contribution in [0, 0.1) is 28.6 Å². The van der Waals surface area contributed by atoms with Gasteiger partial charge >= 0.3 is 5.97 Å². The number of amides is 1. The number of carboxylic acid groups (broad SMARTS) is 1. The van der Waals surface area contributed by atoms with Gasteiger partial charge in [-0.3, -0.25) is 9.59 Å². The minimum atomic E-state index is -0.610. The van der Waals surface area contributed by atoms with E-state index in [1.165, 1.54) is 16.3 Å². The molecule has 1 aliphatic heterocycles. The lowest BCUT2D eigenvalue weighted by molar-refractivity contribution is -0.202. The van der Waals surface area contributed by atoms with Crippen LogP contribution in [0.3, 0.4) is 0 Å². The average Bonchev–Trinajstić information content (AvgIpc) is 2.71. The van der Waals surface area contributed by atoms with E-state index >= 15 is 0 Å². The summed E-state index contributed by atoms with van der Waals surface area (Å²) >= 11 is 0. The molecule has 1 heterocycles. The molecule has 4 nitrogen and oxygen atoms in total. The Bertz CT molecular complexity index is 1050. The van der Waals surface area contributed by atoms with Crippen molar-refractivity contribution in [2.75, 3.05) is 0 Å². The van der Waals surface area contributed by atoms with Crippen molar-refractivity contribution in [3.8, 4) is 0 Å². The number of hydrogen-bond donors (Lipinski definition) is 1. The summed E-state index contributed by atoms with van der Waals surface area (Å²) < 4.78 is 0. The summed E-state index contributed by atoms with van der Waals surface area (Å²) in [6, 6.07) is 15.1. The zero-order valence-electron chi connectivity index (χ0n) is 17.7. The molecule has 1 saturated heterocycles. The number of hydrogen-bond acceptors (Lipinski definition) is 2. The first kappa shape index (κ1) is 18.4. The van der Waals surface area contributed by atoms with E-state index in [1.54, 1.807) is 0 Å². The van der Waals surface area contributed by atoms with E-state index in [9.17, 15) is 14.7 Å². The fourth-order valence-corrected chi connectivity index (χ4v) is 7.90. The summed E-state index contributed by atoms with van der Waals surface area (Å²) in [5, 5.41) is 12.4. The molecule has 0 spiro atoms. The van der Waals surface area contributed by atoms with Gasteiger partial charge in [0, 0.05) is 6.04 Å². The number of β-lactam (4-membered cyclic amide) rings is 1. The molecule has 4 aliphatic carbocycles. The number of carbonyl (C=O) groups is 2. The third kappa shape index (κ3) is 2.23. The van der Waals surface area contributed by atoms with Crippen molar-refractivity contribution in [2.24, 2.45) is 28.6 Å². The van der Waals surface area contributed by atoms with E-state index < -0.39 is 16.8 Å². The second-order valence-electron chi connectivity index (χ2n) is 11.0. The van der Waals surface area contributed by atoms with Crippen molar-refractivity contribution in [2.45, 2.75) is 58.0 Å². The maximum atomic E-state index is 13.4. The fourth-order valence-electron chi connectivity index (χ4n) is 7.90. The number of benzene rings is 2. The molecule has 2 aromatic rings. The van der Waals surface area contributed by atoms with E-state index in [4.69, 9.17) is 0 Å². The maximum Gasteiger partial charge on any atom is 0.309 e. The van der Waals surface area contributed by atoms with Gasteiger partial charge in [0.2, 0.25) is 5.91 Å². The van der Waals surface area contributed by atoms with Gasteiger partial charge in [-0.1, -0.05) is 42.5 Å². The number of carboxylic acids is 1. The molecule has 5 aliphatic rings. The second kappa shape index (κ2) is 5.87. The number of fused-ring (bicyclic) bond motifs is 1. The lowest BCUT2D eigenvalue weighted by Crippen LogP contribution is -2.70. The molecule has 1 N–H and O–H groups in total. The molecule has 156 valence electrons. The second-order valence-corrected chi connectivity index (χ2v) is 11.0. The molecule has 7 rings (SSSR count). The summed E-state index contributed by atoms with van der Waals surface area (Å²) in [6.45, 7) is 4.15. The van der Waals surface area contributed by atoms with E-state index in [0.717, 1.165) is 32.1 Å². The van der Waals surface area contributed by atoms with Gasteiger partial charge in [-0.15, -0.1) is 0 Å². The van der Waals surface area contributed by atoms with Crippen LogP contribution in [-0.2, 0) is 9.59 Å². The number of carbonyl (C=O) groups excluding carboxylic acids is 1. The highest BCUT2D eigenvalue weighted by atomic mass is 16.4. The van der Waals surface area contributed by atoms with Gasteiger partial charge in [-0.25, -0.2) is 0 Å². The SMILES string of the molecule is CC1(C)C(=O)N(C2C3CC4CC2CC(C(=O)O)(C4)C3)C1c1cccc2ccccc12. The van der Waals surface area contributed by atoms with Crippen LogP contribution in [0.5, 0.6) is 0 Å². The third-order valence-electron chi connectivity index (χ3n) is 8.86. The Morgan fingerprint density at radius 3 is 2.37 bits per heavy atom. The van der Waals surface area contributed by atoms with Crippen LogP contribution in [0.15, 0.2) is 42.5 Å². The Morgan fingerprint density at radius 2 is 1.67 bits per heavy atom. The standard InChI is InChI=1S/C26H29NO3/c1-25(2)22(20-9-5-7-16-6-3-4-8-19(16)20)27(23(25)28)21-17-10-15-11-18(21)14-26(12-15,13-17)24(29)30/h3-9,15,17-18,21-22H,10-14H2,1-2H3,(H,29,30). The Morgan fingerprint density at radius 1 is 1.00 bits per heavy atom. The minimum absolute atomic E-state index is 0.0550. The molecule has 5 fully saturated rings. The molecular weight excluding hydrogens is 374 g/mol. The first-order chi connectivity index (χ1) is 14.3. The van der Waals surface area contributed by atoms with Gasteiger partial charge < -0.3 is 10.0 Å². The van der Waals surface area contributed by atoms with Crippen LogP contribution in [0.1, 0.15) is 57.6 Å². The number of rotatable bonds is 3. The quantitative estimate of drug-likeness (QED) is 0.732. The van der Waals surface area contributed by atoms with Crippen molar-refractivity contribution in [3.05, 3.63) is 48.0 Å². The van der Waals surface area contributed by atoms with Gasteiger partial charge in [0.25, 0.3) is 0 Å². The molecule has 3 unspecified atom stereocenters. The van der Waals surface area contributed by atoms with Crippen LogP contribution < -0.4 is 0 Å². The molecule has 4 saturated carbocycles. The average molecular weight is 404 g/mol. The molecule has 0 aromatic heterocycles. The van der Waals surface area contributed by atoms with Gasteiger partial charge in [0.05, 0.1) is 16.9 Å². The highest BCUT2D eigenvalue weighted by molar-refractivity contribution is 5.94. The largest absolute Gasteiger partial charge is 0.481 e. The van der Waals surface area contributed by atoms with Crippen molar-refractivity contribution in [1.29, 1.82) is 0 Å². The Balaban J connectivity index is 1.42.